The maximum Gasteiger partial charge on any atom is 0.411 e. The van der Waals surface area contributed by atoms with Crippen molar-refractivity contribution in [2.24, 2.45) is 10.9 Å². The Morgan fingerprint density at radius 3 is 3.00 bits per heavy atom. The van der Waals surface area contributed by atoms with E-state index in [0.29, 0.717) is 12.5 Å². The lowest BCUT2D eigenvalue weighted by molar-refractivity contribution is 0.166. The van der Waals surface area contributed by atoms with Gasteiger partial charge in [0.15, 0.2) is 0 Å². The molecule has 1 amide bonds. The first-order valence-corrected chi connectivity index (χ1v) is 4.82. The van der Waals surface area contributed by atoms with Crippen LogP contribution in [0, 0.1) is 5.92 Å². The minimum atomic E-state index is -0.918. The first kappa shape index (κ1) is 9.71. The van der Waals surface area contributed by atoms with Crippen molar-refractivity contribution in [3.63, 3.8) is 0 Å². The van der Waals surface area contributed by atoms with Crippen LogP contribution in [0.25, 0.3) is 0 Å². The van der Waals surface area contributed by atoms with Crippen LogP contribution in [-0.4, -0.2) is 35.4 Å². The van der Waals surface area contributed by atoms with Crippen LogP contribution in [0.1, 0.15) is 0 Å². The zero-order valence-corrected chi connectivity index (χ0v) is 8.21. The van der Waals surface area contributed by atoms with Crippen molar-refractivity contribution in [1.82, 2.24) is 4.90 Å². The van der Waals surface area contributed by atoms with Crippen molar-refractivity contribution in [3.8, 4) is 0 Å². The maximum atomic E-state index is 10.6. The summed E-state index contributed by atoms with van der Waals surface area (Å²) >= 11 is 0. The molecule has 0 saturated heterocycles. The zero-order valence-electron chi connectivity index (χ0n) is 8.21. The minimum absolute atomic E-state index is 0.294. The molecule has 1 unspecified atom stereocenters. The molecular weight excluding hydrogens is 192 g/mol. The summed E-state index contributed by atoms with van der Waals surface area (Å²) in [6.45, 7) is 1.18. The molecule has 2 aliphatic heterocycles. The van der Waals surface area contributed by atoms with Crippen molar-refractivity contribution < 1.29 is 9.90 Å². The predicted molar refractivity (Wildman–Crippen MR) is 57.9 cm³/mol. The molecule has 1 atom stereocenters. The third-order valence-corrected chi connectivity index (χ3v) is 2.48. The highest BCUT2D eigenvalue weighted by Gasteiger charge is 2.15. The number of allylic oxidation sites excluding steroid dienone is 2. The summed E-state index contributed by atoms with van der Waals surface area (Å²) in [4.78, 5) is 16.1. The third-order valence-electron chi connectivity index (χ3n) is 2.48. The normalized spacial score (nSPS) is 24.1. The SMILES string of the molecule is O=C(O)N1C=CC(C2C=CC=NC2)=CC1. The van der Waals surface area contributed by atoms with E-state index in [1.54, 1.807) is 12.4 Å². The number of aliphatic imine (C=N–C) groups is 1. The molecule has 0 fully saturated rings. The number of dihydropyridines is 1. The van der Waals surface area contributed by atoms with Gasteiger partial charge in [0.25, 0.3) is 0 Å². The largest absolute Gasteiger partial charge is 0.465 e. The van der Waals surface area contributed by atoms with E-state index in [1.807, 2.05) is 18.2 Å². The summed E-state index contributed by atoms with van der Waals surface area (Å²) < 4.78 is 0. The van der Waals surface area contributed by atoms with Gasteiger partial charge in [0, 0.05) is 31.4 Å². The van der Waals surface area contributed by atoms with Crippen LogP contribution in [0.15, 0.2) is 41.1 Å². The Morgan fingerprint density at radius 1 is 1.60 bits per heavy atom. The van der Waals surface area contributed by atoms with Gasteiger partial charge in [-0.25, -0.2) is 4.79 Å². The highest BCUT2D eigenvalue weighted by Crippen LogP contribution is 2.19. The summed E-state index contributed by atoms with van der Waals surface area (Å²) in [5, 5.41) is 8.74. The van der Waals surface area contributed by atoms with Gasteiger partial charge >= 0.3 is 6.09 Å². The molecule has 0 radical (unpaired) electrons. The first-order valence-electron chi connectivity index (χ1n) is 4.82. The summed E-state index contributed by atoms with van der Waals surface area (Å²) in [5.41, 5.74) is 1.14. The lowest BCUT2D eigenvalue weighted by Gasteiger charge is -2.21. The molecule has 0 spiro atoms. The molecule has 78 valence electrons. The Labute approximate surface area is 87.9 Å². The molecular formula is C11H12N2O2. The van der Waals surface area contributed by atoms with E-state index in [9.17, 15) is 4.79 Å². The van der Waals surface area contributed by atoms with Gasteiger partial charge in [-0.15, -0.1) is 0 Å². The fraction of sp³-hybridized carbons (Fsp3) is 0.273. The lowest BCUT2D eigenvalue weighted by atomic mass is 9.95. The average molecular weight is 204 g/mol. The van der Waals surface area contributed by atoms with Gasteiger partial charge in [0.2, 0.25) is 0 Å². The van der Waals surface area contributed by atoms with Gasteiger partial charge in [-0.05, 0) is 17.7 Å². The molecule has 0 aromatic carbocycles. The van der Waals surface area contributed by atoms with Crippen molar-refractivity contribution >= 4 is 12.3 Å². The van der Waals surface area contributed by atoms with Crippen molar-refractivity contribution in [2.75, 3.05) is 13.1 Å². The second kappa shape index (κ2) is 4.13. The summed E-state index contributed by atoms with van der Waals surface area (Å²) in [7, 11) is 0. The van der Waals surface area contributed by atoms with E-state index in [-0.39, 0.29) is 0 Å². The molecule has 2 heterocycles. The highest BCUT2D eigenvalue weighted by atomic mass is 16.4. The van der Waals surface area contributed by atoms with Gasteiger partial charge in [-0.3, -0.25) is 9.89 Å². The van der Waals surface area contributed by atoms with Crippen molar-refractivity contribution in [3.05, 3.63) is 36.1 Å². The second-order valence-corrected chi connectivity index (χ2v) is 3.46. The number of amides is 1. The summed E-state index contributed by atoms with van der Waals surface area (Å²) in [6, 6.07) is 0. The van der Waals surface area contributed by atoms with Crippen LogP contribution in [0.3, 0.4) is 0 Å². The van der Waals surface area contributed by atoms with E-state index in [0.717, 1.165) is 12.1 Å². The van der Waals surface area contributed by atoms with Crippen LogP contribution < -0.4 is 0 Å². The molecule has 15 heavy (non-hydrogen) atoms. The molecule has 2 rings (SSSR count). The van der Waals surface area contributed by atoms with Crippen molar-refractivity contribution in [1.29, 1.82) is 0 Å². The molecule has 0 bridgehead atoms. The lowest BCUT2D eigenvalue weighted by Crippen LogP contribution is -2.26. The topological polar surface area (TPSA) is 52.9 Å². The van der Waals surface area contributed by atoms with E-state index in [1.165, 1.54) is 4.90 Å². The molecule has 0 aromatic heterocycles. The van der Waals surface area contributed by atoms with Crippen LogP contribution in [0.2, 0.25) is 0 Å². The van der Waals surface area contributed by atoms with Gasteiger partial charge < -0.3 is 5.11 Å². The quantitative estimate of drug-likeness (QED) is 0.706. The van der Waals surface area contributed by atoms with Crippen LogP contribution >= 0.6 is 0 Å². The van der Waals surface area contributed by atoms with Crippen molar-refractivity contribution in [2.45, 2.75) is 0 Å². The molecule has 1 N–H and O–H groups in total. The maximum absolute atomic E-state index is 10.6. The Balaban J connectivity index is 2.03. The molecule has 0 saturated carbocycles. The Morgan fingerprint density at radius 2 is 2.47 bits per heavy atom. The van der Waals surface area contributed by atoms with Gasteiger partial charge in [-0.2, -0.15) is 0 Å². The fourth-order valence-electron chi connectivity index (χ4n) is 1.62. The van der Waals surface area contributed by atoms with Crippen LogP contribution in [0.5, 0.6) is 0 Å². The van der Waals surface area contributed by atoms with E-state index >= 15 is 0 Å². The smallest absolute Gasteiger partial charge is 0.411 e. The van der Waals surface area contributed by atoms with Crippen LogP contribution in [-0.2, 0) is 0 Å². The zero-order chi connectivity index (χ0) is 10.7. The fourth-order valence-corrected chi connectivity index (χ4v) is 1.62. The monoisotopic (exact) mass is 204 g/mol. The van der Waals surface area contributed by atoms with Crippen LogP contribution in [0.4, 0.5) is 4.79 Å². The number of hydrogen-bond acceptors (Lipinski definition) is 2. The standard InChI is InChI=1S/C11H12N2O2/c14-11(15)13-6-3-9(4-7-13)10-2-1-5-12-8-10/h1-6,10H,7-8H2,(H,14,15). The number of carbonyl (C=O) groups is 1. The van der Waals surface area contributed by atoms with Gasteiger partial charge in [0.1, 0.15) is 0 Å². The molecule has 4 nitrogen and oxygen atoms in total. The summed E-state index contributed by atoms with van der Waals surface area (Å²) in [5.74, 6) is 0.294. The molecule has 0 aromatic rings. The molecule has 2 aliphatic rings. The Kier molecular flexibility index (Phi) is 2.67. The minimum Gasteiger partial charge on any atom is -0.465 e. The number of nitrogens with zero attached hydrogens (tertiary/aromatic N) is 2. The Bertz CT molecular complexity index is 380. The van der Waals surface area contributed by atoms with E-state index < -0.39 is 6.09 Å². The van der Waals surface area contributed by atoms with Gasteiger partial charge in [-0.1, -0.05) is 12.2 Å². The third kappa shape index (κ3) is 2.15. The molecule has 0 aliphatic carbocycles. The number of hydrogen-bond donors (Lipinski definition) is 1. The average Bonchev–Trinajstić information content (AvgIpc) is 2.30. The number of carboxylic acid groups (broad SMARTS) is 1. The second-order valence-electron chi connectivity index (χ2n) is 3.46. The Hall–Kier alpha value is -1.84. The highest BCUT2D eigenvalue weighted by molar-refractivity contribution is 5.72. The van der Waals surface area contributed by atoms with Gasteiger partial charge in [0.05, 0.1) is 0 Å². The first-order chi connectivity index (χ1) is 7.27. The number of rotatable bonds is 1. The summed E-state index contributed by atoms with van der Waals surface area (Å²) in [6.07, 6.45) is 10.2. The predicted octanol–water partition coefficient (Wildman–Crippen LogP) is 1.68. The van der Waals surface area contributed by atoms with E-state index in [4.69, 9.17) is 5.11 Å². The molecule has 4 heteroatoms. The van der Waals surface area contributed by atoms with E-state index in [2.05, 4.69) is 11.1 Å².